The van der Waals surface area contributed by atoms with Crippen LogP contribution in [-0.2, 0) is 35.8 Å². The van der Waals surface area contributed by atoms with Crippen LogP contribution < -0.4 is 4.74 Å². The number of carboxylic acids is 1. The SMILES string of the molecule is CCC1CN(Cc2cc(C(OCc3cn(CC)nn3)C(C)(C)C(=O)O)ccc2C)Cc2ncccc2O1. The van der Waals surface area contributed by atoms with Crippen molar-refractivity contribution in [2.45, 2.75) is 79.5 Å². The number of pyridine rings is 1. The Morgan fingerprint density at radius 2 is 2.11 bits per heavy atom. The van der Waals surface area contributed by atoms with Crippen molar-refractivity contribution in [1.29, 1.82) is 0 Å². The molecule has 1 N–H and O–H groups in total. The lowest BCUT2D eigenvalue weighted by Gasteiger charge is -2.31. The lowest BCUT2D eigenvalue weighted by atomic mass is 9.81. The van der Waals surface area contributed by atoms with E-state index in [2.05, 4.69) is 40.1 Å². The van der Waals surface area contributed by atoms with Crippen LogP contribution in [0.4, 0.5) is 0 Å². The van der Waals surface area contributed by atoms with Crippen molar-refractivity contribution in [2.24, 2.45) is 5.41 Å². The molecule has 2 unspecified atom stereocenters. The van der Waals surface area contributed by atoms with Crippen LogP contribution in [0.2, 0.25) is 0 Å². The Balaban J connectivity index is 1.60. The van der Waals surface area contributed by atoms with Crippen LogP contribution in [0.5, 0.6) is 5.75 Å². The van der Waals surface area contributed by atoms with Crippen molar-refractivity contribution < 1.29 is 19.4 Å². The third-order valence-electron chi connectivity index (χ3n) is 7.02. The Bertz CT molecular complexity index is 1220. The molecule has 0 saturated heterocycles. The van der Waals surface area contributed by atoms with E-state index in [1.165, 1.54) is 0 Å². The molecule has 1 aliphatic heterocycles. The number of carbonyl (C=O) groups is 1. The number of rotatable bonds is 10. The molecule has 2 aromatic heterocycles. The second-order valence-corrected chi connectivity index (χ2v) is 10.2. The molecule has 2 atom stereocenters. The summed E-state index contributed by atoms with van der Waals surface area (Å²) >= 11 is 0. The number of carboxylic acid groups (broad SMARTS) is 1. The van der Waals surface area contributed by atoms with E-state index in [0.717, 1.165) is 41.1 Å². The highest BCUT2D eigenvalue weighted by molar-refractivity contribution is 5.74. The number of aliphatic carboxylic acids is 1. The minimum absolute atomic E-state index is 0.0764. The van der Waals surface area contributed by atoms with Crippen molar-refractivity contribution in [3.05, 3.63) is 70.8 Å². The molecular weight excluding hydrogens is 470 g/mol. The van der Waals surface area contributed by atoms with Gasteiger partial charge in [0.1, 0.15) is 17.5 Å². The summed E-state index contributed by atoms with van der Waals surface area (Å²) in [6, 6.07) is 9.98. The maximum atomic E-state index is 12.2. The summed E-state index contributed by atoms with van der Waals surface area (Å²) in [5.41, 5.74) is 3.54. The first kappa shape index (κ1) is 26.8. The third-order valence-corrected chi connectivity index (χ3v) is 7.02. The van der Waals surface area contributed by atoms with E-state index in [4.69, 9.17) is 9.47 Å². The van der Waals surface area contributed by atoms with Crippen LogP contribution in [0.15, 0.2) is 42.7 Å². The van der Waals surface area contributed by atoms with E-state index < -0.39 is 17.5 Å². The van der Waals surface area contributed by atoms with Gasteiger partial charge in [0.25, 0.3) is 0 Å². The van der Waals surface area contributed by atoms with Gasteiger partial charge in [-0.15, -0.1) is 5.10 Å². The van der Waals surface area contributed by atoms with Crippen molar-refractivity contribution in [3.63, 3.8) is 0 Å². The van der Waals surface area contributed by atoms with Crippen LogP contribution >= 0.6 is 0 Å². The van der Waals surface area contributed by atoms with Crippen molar-refractivity contribution >= 4 is 5.97 Å². The molecule has 0 spiro atoms. The summed E-state index contributed by atoms with van der Waals surface area (Å²) in [5, 5.41) is 18.2. The van der Waals surface area contributed by atoms with Crippen LogP contribution in [0.3, 0.4) is 0 Å². The standard InChI is InChI=1S/C28H37N5O4/c1-6-23-16-32(17-24-25(37-23)9-8-12-29-24)14-21-13-20(11-10-19(21)3)26(28(4,5)27(34)35)36-18-22-15-33(7-2)31-30-22/h8-13,15,23,26H,6-7,14,16-18H2,1-5H3,(H,34,35). The molecule has 37 heavy (non-hydrogen) atoms. The fourth-order valence-corrected chi connectivity index (χ4v) is 4.59. The maximum Gasteiger partial charge on any atom is 0.312 e. The molecule has 3 aromatic rings. The molecule has 0 aliphatic carbocycles. The molecule has 0 amide bonds. The van der Waals surface area contributed by atoms with Gasteiger partial charge < -0.3 is 14.6 Å². The molecule has 0 radical (unpaired) electrons. The monoisotopic (exact) mass is 507 g/mol. The topological polar surface area (TPSA) is 103 Å². The Hall–Kier alpha value is -3.30. The van der Waals surface area contributed by atoms with E-state index in [-0.39, 0.29) is 12.7 Å². The smallest absolute Gasteiger partial charge is 0.312 e. The predicted molar refractivity (Wildman–Crippen MR) is 139 cm³/mol. The minimum atomic E-state index is -1.15. The summed E-state index contributed by atoms with van der Waals surface area (Å²) < 4.78 is 14.2. The van der Waals surface area contributed by atoms with Gasteiger partial charge in [-0.25, -0.2) is 0 Å². The first-order chi connectivity index (χ1) is 17.7. The van der Waals surface area contributed by atoms with Crippen LogP contribution in [0, 0.1) is 12.3 Å². The van der Waals surface area contributed by atoms with E-state index >= 15 is 0 Å². The lowest BCUT2D eigenvalue weighted by Crippen LogP contribution is -2.34. The fraction of sp³-hybridized carbons (Fsp3) is 0.500. The Morgan fingerprint density at radius 1 is 1.30 bits per heavy atom. The molecule has 198 valence electrons. The number of hydrogen-bond donors (Lipinski definition) is 1. The normalized spacial score (nSPS) is 17.1. The highest BCUT2D eigenvalue weighted by Gasteiger charge is 2.39. The number of aryl methyl sites for hydroxylation is 2. The van der Waals surface area contributed by atoms with Crippen LogP contribution in [0.25, 0.3) is 0 Å². The summed E-state index contributed by atoms with van der Waals surface area (Å²) in [4.78, 5) is 19.2. The number of ether oxygens (including phenoxy) is 2. The average molecular weight is 508 g/mol. The molecule has 0 saturated carbocycles. The zero-order valence-electron chi connectivity index (χ0n) is 22.3. The average Bonchev–Trinajstić information content (AvgIpc) is 3.26. The maximum absolute atomic E-state index is 12.2. The van der Waals surface area contributed by atoms with E-state index in [9.17, 15) is 9.90 Å². The minimum Gasteiger partial charge on any atom is -0.487 e. The Kier molecular flexibility index (Phi) is 8.24. The van der Waals surface area contributed by atoms with Crippen molar-refractivity contribution in [1.82, 2.24) is 24.9 Å². The van der Waals surface area contributed by atoms with Crippen LogP contribution in [0.1, 0.15) is 68.3 Å². The van der Waals surface area contributed by atoms with Gasteiger partial charge in [0.15, 0.2) is 0 Å². The second kappa shape index (κ2) is 11.4. The molecule has 4 rings (SSSR count). The Morgan fingerprint density at radius 3 is 2.81 bits per heavy atom. The first-order valence-corrected chi connectivity index (χ1v) is 12.9. The van der Waals surface area contributed by atoms with E-state index in [1.807, 2.05) is 37.4 Å². The van der Waals surface area contributed by atoms with Gasteiger partial charge in [0, 0.05) is 32.4 Å². The summed E-state index contributed by atoms with van der Waals surface area (Å²) in [5.74, 6) is -0.0750. The molecule has 1 aromatic carbocycles. The highest BCUT2D eigenvalue weighted by Crippen LogP contribution is 2.38. The van der Waals surface area contributed by atoms with Gasteiger partial charge in [0.2, 0.25) is 0 Å². The third kappa shape index (κ3) is 6.17. The number of nitrogens with zero attached hydrogens (tertiary/aromatic N) is 5. The summed E-state index contributed by atoms with van der Waals surface area (Å²) in [6.45, 7) is 12.6. The molecule has 9 heteroatoms. The van der Waals surface area contributed by atoms with E-state index in [0.29, 0.717) is 25.3 Å². The summed E-state index contributed by atoms with van der Waals surface area (Å²) in [6.07, 6.45) is 3.92. The molecule has 9 nitrogen and oxygen atoms in total. The summed E-state index contributed by atoms with van der Waals surface area (Å²) in [7, 11) is 0. The molecule has 3 heterocycles. The number of aromatic nitrogens is 4. The van der Waals surface area contributed by atoms with E-state index in [1.54, 1.807) is 24.7 Å². The fourth-order valence-electron chi connectivity index (χ4n) is 4.59. The quantitative estimate of drug-likeness (QED) is 0.427. The van der Waals surface area contributed by atoms with Gasteiger partial charge in [-0.05, 0) is 62.9 Å². The zero-order chi connectivity index (χ0) is 26.6. The molecular formula is C28H37N5O4. The molecule has 1 aliphatic rings. The zero-order valence-corrected chi connectivity index (χ0v) is 22.3. The number of fused-ring (bicyclic) bond motifs is 1. The van der Waals surface area contributed by atoms with Gasteiger partial charge >= 0.3 is 5.97 Å². The van der Waals surface area contributed by atoms with Crippen molar-refractivity contribution in [2.75, 3.05) is 6.54 Å². The predicted octanol–water partition coefficient (Wildman–Crippen LogP) is 4.54. The van der Waals surface area contributed by atoms with Gasteiger partial charge in [0.05, 0.1) is 30.0 Å². The van der Waals surface area contributed by atoms with Gasteiger partial charge in [-0.2, -0.15) is 0 Å². The molecule has 0 bridgehead atoms. The second-order valence-electron chi connectivity index (χ2n) is 10.2. The van der Waals surface area contributed by atoms with Gasteiger partial charge in [-0.3, -0.25) is 19.4 Å². The van der Waals surface area contributed by atoms with Crippen LogP contribution in [-0.4, -0.2) is 48.6 Å². The lowest BCUT2D eigenvalue weighted by molar-refractivity contribution is -0.158. The van der Waals surface area contributed by atoms with Gasteiger partial charge in [-0.1, -0.05) is 30.3 Å². The molecule has 0 fully saturated rings. The Labute approximate surface area is 218 Å². The van der Waals surface area contributed by atoms with Crippen molar-refractivity contribution in [3.8, 4) is 5.75 Å². The largest absolute Gasteiger partial charge is 0.487 e. The highest BCUT2D eigenvalue weighted by atomic mass is 16.5. The first-order valence-electron chi connectivity index (χ1n) is 12.9. The number of benzene rings is 1. The number of hydrogen-bond acceptors (Lipinski definition) is 7.